The van der Waals surface area contributed by atoms with Crippen LogP contribution in [0.3, 0.4) is 0 Å². The third-order valence-electron chi connectivity index (χ3n) is 3.95. The second-order valence-electron chi connectivity index (χ2n) is 6.61. The molecule has 1 aromatic carbocycles. The molecule has 1 atom stereocenters. The van der Waals surface area contributed by atoms with Crippen LogP contribution in [0.2, 0.25) is 0 Å². The number of nitrogens with one attached hydrogen (secondary N) is 1. The summed E-state index contributed by atoms with van der Waals surface area (Å²) in [6.45, 7) is 18.0. The van der Waals surface area contributed by atoms with Crippen LogP contribution in [-0.2, 0) is 0 Å². The normalized spacial score (nSPS) is 13.1. The molecule has 0 aliphatic rings. The van der Waals surface area contributed by atoms with Crippen LogP contribution in [-0.4, -0.2) is 31.1 Å². The number of hydrogen-bond donors (Lipinski definition) is 1. The first-order valence-corrected chi connectivity index (χ1v) is 8.50. The third-order valence-corrected chi connectivity index (χ3v) is 3.95. The zero-order valence-corrected chi connectivity index (χ0v) is 14.9. The molecule has 2 nitrogen and oxygen atoms in total. The highest BCUT2D eigenvalue weighted by Crippen LogP contribution is 2.20. The van der Waals surface area contributed by atoms with Gasteiger partial charge in [-0.2, -0.15) is 0 Å². The van der Waals surface area contributed by atoms with Crippen molar-refractivity contribution in [1.82, 2.24) is 10.2 Å². The summed E-state index contributed by atoms with van der Waals surface area (Å²) in [7, 11) is 0. The molecule has 1 unspecified atom stereocenters. The van der Waals surface area contributed by atoms with Gasteiger partial charge in [0.2, 0.25) is 0 Å². The van der Waals surface area contributed by atoms with Gasteiger partial charge in [-0.1, -0.05) is 51.5 Å². The lowest BCUT2D eigenvalue weighted by atomic mass is 9.98. The van der Waals surface area contributed by atoms with Crippen molar-refractivity contribution in [3.63, 3.8) is 0 Å². The topological polar surface area (TPSA) is 15.3 Å². The lowest BCUT2D eigenvalue weighted by Crippen LogP contribution is -2.37. The van der Waals surface area contributed by atoms with Crippen molar-refractivity contribution < 1.29 is 0 Å². The molecular formula is C19H34N2. The standard InChI is InChI=1S/C19H34N2/c1-7-11-20-19(14-21(8-2)13-15(3)4)18-10-9-16(5)12-17(18)6/h9-10,12,15,19-20H,7-8,11,13-14H2,1-6H3. The molecule has 0 aliphatic carbocycles. The smallest absolute Gasteiger partial charge is 0.0451 e. The number of aryl methyl sites for hydroxylation is 2. The van der Waals surface area contributed by atoms with Crippen molar-refractivity contribution in [2.45, 2.75) is 54.0 Å². The predicted molar refractivity (Wildman–Crippen MR) is 93.9 cm³/mol. The first-order valence-electron chi connectivity index (χ1n) is 8.50. The van der Waals surface area contributed by atoms with Crippen LogP contribution in [0, 0.1) is 19.8 Å². The fourth-order valence-corrected chi connectivity index (χ4v) is 2.92. The van der Waals surface area contributed by atoms with Crippen molar-refractivity contribution in [3.8, 4) is 0 Å². The number of rotatable bonds is 9. The fourth-order valence-electron chi connectivity index (χ4n) is 2.92. The molecule has 0 fully saturated rings. The number of nitrogens with zero attached hydrogens (tertiary/aromatic N) is 1. The van der Waals surface area contributed by atoms with Crippen molar-refractivity contribution in [2.75, 3.05) is 26.2 Å². The van der Waals surface area contributed by atoms with Crippen LogP contribution in [0.25, 0.3) is 0 Å². The molecule has 0 aromatic heterocycles. The van der Waals surface area contributed by atoms with Crippen LogP contribution in [0.5, 0.6) is 0 Å². The molecule has 0 amide bonds. The van der Waals surface area contributed by atoms with E-state index in [-0.39, 0.29) is 0 Å². The highest BCUT2D eigenvalue weighted by Gasteiger charge is 2.17. The van der Waals surface area contributed by atoms with Gasteiger partial charge in [-0.25, -0.2) is 0 Å². The zero-order valence-electron chi connectivity index (χ0n) is 14.9. The third kappa shape index (κ3) is 6.19. The molecule has 21 heavy (non-hydrogen) atoms. The number of hydrogen-bond acceptors (Lipinski definition) is 2. The summed E-state index contributed by atoms with van der Waals surface area (Å²) in [5.41, 5.74) is 4.21. The Kier molecular flexibility index (Phi) is 7.98. The average Bonchev–Trinajstić information content (AvgIpc) is 2.42. The van der Waals surface area contributed by atoms with Crippen LogP contribution in [0.4, 0.5) is 0 Å². The minimum absolute atomic E-state index is 0.434. The first-order chi connectivity index (χ1) is 9.97. The van der Waals surface area contributed by atoms with E-state index in [1.807, 2.05) is 0 Å². The predicted octanol–water partition coefficient (Wildman–Crippen LogP) is 4.32. The van der Waals surface area contributed by atoms with E-state index >= 15 is 0 Å². The molecular weight excluding hydrogens is 256 g/mol. The molecule has 1 rings (SSSR count). The maximum Gasteiger partial charge on any atom is 0.0451 e. The van der Waals surface area contributed by atoms with E-state index in [0.29, 0.717) is 6.04 Å². The summed E-state index contributed by atoms with van der Waals surface area (Å²) in [5, 5.41) is 3.74. The fraction of sp³-hybridized carbons (Fsp3) is 0.684. The Morgan fingerprint density at radius 1 is 1.10 bits per heavy atom. The summed E-state index contributed by atoms with van der Waals surface area (Å²) in [6, 6.07) is 7.28. The van der Waals surface area contributed by atoms with Crippen LogP contribution in [0.15, 0.2) is 18.2 Å². The van der Waals surface area contributed by atoms with Crippen LogP contribution >= 0.6 is 0 Å². The van der Waals surface area contributed by atoms with Gasteiger partial charge in [0.1, 0.15) is 0 Å². The molecule has 1 aromatic rings. The van der Waals surface area contributed by atoms with Gasteiger partial charge in [0.15, 0.2) is 0 Å². The largest absolute Gasteiger partial charge is 0.309 e. The van der Waals surface area contributed by atoms with Gasteiger partial charge in [0.25, 0.3) is 0 Å². The molecule has 0 saturated heterocycles. The maximum atomic E-state index is 3.74. The minimum Gasteiger partial charge on any atom is -0.309 e. The minimum atomic E-state index is 0.434. The Balaban J connectivity index is 2.88. The molecule has 0 heterocycles. The first kappa shape index (κ1) is 18.2. The van der Waals surface area contributed by atoms with Gasteiger partial charge in [-0.3, -0.25) is 0 Å². The lowest BCUT2D eigenvalue weighted by Gasteiger charge is -2.29. The van der Waals surface area contributed by atoms with Gasteiger partial charge in [-0.15, -0.1) is 0 Å². The van der Waals surface area contributed by atoms with Crippen molar-refractivity contribution in [1.29, 1.82) is 0 Å². The van der Waals surface area contributed by atoms with Crippen molar-refractivity contribution >= 4 is 0 Å². The van der Waals surface area contributed by atoms with Crippen molar-refractivity contribution in [2.24, 2.45) is 5.92 Å². The van der Waals surface area contributed by atoms with E-state index < -0.39 is 0 Å². The molecule has 1 N–H and O–H groups in total. The SMILES string of the molecule is CCCNC(CN(CC)CC(C)C)c1ccc(C)cc1C. The maximum absolute atomic E-state index is 3.74. The summed E-state index contributed by atoms with van der Waals surface area (Å²) < 4.78 is 0. The second kappa shape index (κ2) is 9.22. The molecule has 0 spiro atoms. The highest BCUT2D eigenvalue weighted by atomic mass is 15.1. The molecule has 0 aliphatic heterocycles. The molecule has 120 valence electrons. The summed E-state index contributed by atoms with van der Waals surface area (Å²) >= 11 is 0. The van der Waals surface area contributed by atoms with Gasteiger partial charge in [0.05, 0.1) is 0 Å². The van der Waals surface area contributed by atoms with E-state index in [2.05, 4.69) is 70.0 Å². The quantitative estimate of drug-likeness (QED) is 0.728. The van der Waals surface area contributed by atoms with Crippen LogP contribution in [0.1, 0.15) is 56.8 Å². The van der Waals surface area contributed by atoms with E-state index in [1.54, 1.807) is 0 Å². The molecule has 0 saturated carbocycles. The molecule has 2 heteroatoms. The summed E-state index contributed by atoms with van der Waals surface area (Å²) in [4.78, 5) is 2.57. The summed E-state index contributed by atoms with van der Waals surface area (Å²) in [6.07, 6.45) is 1.18. The Morgan fingerprint density at radius 3 is 2.33 bits per heavy atom. The monoisotopic (exact) mass is 290 g/mol. The van der Waals surface area contributed by atoms with Gasteiger partial charge in [-0.05, 0) is 50.4 Å². The van der Waals surface area contributed by atoms with Gasteiger partial charge in [0, 0.05) is 19.1 Å². The molecule has 0 radical (unpaired) electrons. The Hall–Kier alpha value is -0.860. The Morgan fingerprint density at radius 2 is 1.81 bits per heavy atom. The van der Waals surface area contributed by atoms with E-state index in [9.17, 15) is 0 Å². The summed E-state index contributed by atoms with van der Waals surface area (Å²) in [5.74, 6) is 0.718. The van der Waals surface area contributed by atoms with Gasteiger partial charge >= 0.3 is 0 Å². The van der Waals surface area contributed by atoms with Gasteiger partial charge < -0.3 is 10.2 Å². The van der Waals surface area contributed by atoms with E-state index in [4.69, 9.17) is 0 Å². The number of likely N-dealkylation sites (N-methyl/N-ethyl adjacent to an activating group) is 1. The lowest BCUT2D eigenvalue weighted by molar-refractivity contribution is 0.228. The average molecular weight is 290 g/mol. The van der Waals surface area contributed by atoms with E-state index in [1.165, 1.54) is 29.7 Å². The Labute approximate surface area is 131 Å². The van der Waals surface area contributed by atoms with E-state index in [0.717, 1.165) is 25.6 Å². The van der Waals surface area contributed by atoms with Crippen molar-refractivity contribution in [3.05, 3.63) is 34.9 Å². The Bertz CT molecular complexity index is 412. The second-order valence-corrected chi connectivity index (χ2v) is 6.61. The number of benzene rings is 1. The highest BCUT2D eigenvalue weighted by molar-refractivity contribution is 5.33. The van der Waals surface area contributed by atoms with Crippen LogP contribution < -0.4 is 5.32 Å². The molecule has 0 bridgehead atoms. The zero-order chi connectivity index (χ0) is 15.8.